The molecule has 1 atom stereocenters. The number of rotatable bonds is 8. The van der Waals surface area contributed by atoms with Crippen molar-refractivity contribution in [1.82, 2.24) is 24.6 Å². The molecule has 182 valence electrons. The van der Waals surface area contributed by atoms with Crippen molar-refractivity contribution in [3.8, 4) is 0 Å². The molecule has 2 amide bonds. The zero-order valence-corrected chi connectivity index (χ0v) is 20.4. The Morgan fingerprint density at radius 1 is 1.03 bits per heavy atom. The van der Waals surface area contributed by atoms with Crippen molar-refractivity contribution >= 4 is 28.4 Å². The van der Waals surface area contributed by atoms with Gasteiger partial charge in [0.25, 0.3) is 0 Å². The largest absolute Gasteiger partial charge is 0.358 e. The summed E-state index contributed by atoms with van der Waals surface area (Å²) in [5, 5.41) is 4.06. The van der Waals surface area contributed by atoms with E-state index >= 15 is 0 Å². The number of H-pyrrole nitrogens is 1. The van der Waals surface area contributed by atoms with Crippen LogP contribution in [0.25, 0.3) is 16.6 Å². The van der Waals surface area contributed by atoms with Crippen LogP contribution in [0.5, 0.6) is 0 Å². The summed E-state index contributed by atoms with van der Waals surface area (Å²) in [6.07, 6.45) is 4.33. The molecule has 3 aromatic heterocycles. The third kappa shape index (κ3) is 4.86. The summed E-state index contributed by atoms with van der Waals surface area (Å²) in [5.74, 6) is -0.325. The molecule has 7 nitrogen and oxygen atoms in total. The van der Waals surface area contributed by atoms with Gasteiger partial charge in [-0.25, -0.2) is 4.98 Å². The van der Waals surface area contributed by atoms with E-state index in [1.807, 2.05) is 90.3 Å². The van der Waals surface area contributed by atoms with Crippen molar-refractivity contribution in [2.75, 3.05) is 7.05 Å². The summed E-state index contributed by atoms with van der Waals surface area (Å²) >= 11 is 0. The fraction of sp³-hybridized carbons (Fsp3) is 0.207. The number of amides is 2. The number of nitrogens with one attached hydrogen (secondary N) is 2. The number of carbonyl (C=O) groups excluding carboxylic acids is 2. The molecule has 5 rings (SSSR count). The number of hydrogen-bond acceptors (Lipinski definition) is 3. The fourth-order valence-corrected chi connectivity index (χ4v) is 4.71. The van der Waals surface area contributed by atoms with Crippen molar-refractivity contribution in [2.45, 2.75) is 32.4 Å². The monoisotopic (exact) mass is 479 g/mol. The zero-order chi connectivity index (χ0) is 25.1. The lowest BCUT2D eigenvalue weighted by Crippen LogP contribution is -2.48. The third-order valence-electron chi connectivity index (χ3n) is 6.55. The number of nitrogens with zero attached hydrogens (tertiary/aromatic N) is 3. The molecule has 0 bridgehead atoms. The lowest BCUT2D eigenvalue weighted by atomic mass is 10.0. The van der Waals surface area contributed by atoms with Gasteiger partial charge in [-0.15, -0.1) is 0 Å². The molecule has 0 fully saturated rings. The number of imidazole rings is 1. The Kier molecular flexibility index (Phi) is 6.54. The number of likely N-dealkylation sites (N-methyl/N-ethyl adjacent to an activating group) is 1. The number of aryl methyl sites for hydroxylation is 1. The van der Waals surface area contributed by atoms with E-state index in [-0.39, 0.29) is 18.2 Å². The van der Waals surface area contributed by atoms with Crippen molar-refractivity contribution in [1.29, 1.82) is 0 Å². The van der Waals surface area contributed by atoms with E-state index in [2.05, 4.69) is 15.3 Å². The molecule has 0 aliphatic rings. The molecule has 0 saturated carbocycles. The molecule has 0 spiro atoms. The molecule has 0 radical (unpaired) electrons. The SMILES string of the molecule is Cc1[nH]c2ccccc2c1CC(=O)N[C@@H](Cc1ccccc1)C(=O)N(C)Cc1cnc2ccccn12. The first-order chi connectivity index (χ1) is 17.5. The van der Waals surface area contributed by atoms with Gasteiger partial charge in [0.15, 0.2) is 0 Å². The van der Waals surface area contributed by atoms with Crippen LogP contribution in [0, 0.1) is 6.92 Å². The molecular formula is C29H29N5O2. The van der Waals surface area contributed by atoms with Gasteiger partial charge in [-0.3, -0.25) is 9.59 Å². The van der Waals surface area contributed by atoms with Gasteiger partial charge in [0.05, 0.1) is 24.9 Å². The highest BCUT2D eigenvalue weighted by molar-refractivity contribution is 5.92. The average Bonchev–Trinajstić information content (AvgIpc) is 3.44. The maximum atomic E-state index is 13.6. The smallest absolute Gasteiger partial charge is 0.245 e. The van der Waals surface area contributed by atoms with Gasteiger partial charge in [-0.05, 0) is 36.2 Å². The highest BCUT2D eigenvalue weighted by atomic mass is 16.2. The number of benzene rings is 2. The minimum absolute atomic E-state index is 0.145. The van der Waals surface area contributed by atoms with Crippen LogP contribution in [0.1, 0.15) is 22.5 Å². The zero-order valence-electron chi connectivity index (χ0n) is 20.4. The highest BCUT2D eigenvalue weighted by Crippen LogP contribution is 2.22. The number of fused-ring (bicyclic) bond motifs is 2. The van der Waals surface area contributed by atoms with Crippen LogP contribution in [0.4, 0.5) is 0 Å². The summed E-state index contributed by atoms with van der Waals surface area (Å²) < 4.78 is 1.97. The Balaban J connectivity index is 1.35. The van der Waals surface area contributed by atoms with Crippen LogP contribution in [0.3, 0.4) is 0 Å². The predicted octanol–water partition coefficient (Wildman–Crippen LogP) is 4.05. The fourth-order valence-electron chi connectivity index (χ4n) is 4.71. The van der Waals surface area contributed by atoms with Crippen LogP contribution in [-0.4, -0.2) is 44.2 Å². The molecule has 36 heavy (non-hydrogen) atoms. The van der Waals surface area contributed by atoms with Crippen LogP contribution in [0.15, 0.2) is 85.2 Å². The summed E-state index contributed by atoms with van der Waals surface area (Å²) in [7, 11) is 1.76. The van der Waals surface area contributed by atoms with E-state index in [1.165, 1.54) is 0 Å². The van der Waals surface area contributed by atoms with Crippen LogP contribution in [-0.2, 0) is 29.0 Å². The second-order valence-electron chi connectivity index (χ2n) is 9.13. The van der Waals surface area contributed by atoms with Gasteiger partial charge in [0, 0.05) is 36.3 Å². The van der Waals surface area contributed by atoms with Crippen molar-refractivity contribution in [2.24, 2.45) is 0 Å². The van der Waals surface area contributed by atoms with Gasteiger partial charge in [0.1, 0.15) is 11.7 Å². The van der Waals surface area contributed by atoms with E-state index in [0.29, 0.717) is 13.0 Å². The molecule has 7 heteroatoms. The van der Waals surface area contributed by atoms with Crippen molar-refractivity contribution in [3.63, 3.8) is 0 Å². The molecule has 0 aliphatic carbocycles. The Labute approximate surface area is 209 Å². The first-order valence-corrected chi connectivity index (χ1v) is 12.0. The van der Waals surface area contributed by atoms with Crippen molar-refractivity contribution < 1.29 is 9.59 Å². The summed E-state index contributed by atoms with van der Waals surface area (Å²) in [6.45, 7) is 2.35. The molecule has 5 aromatic rings. The van der Waals surface area contributed by atoms with Crippen molar-refractivity contribution in [3.05, 3.63) is 108 Å². The minimum Gasteiger partial charge on any atom is -0.358 e. The summed E-state index contributed by atoms with van der Waals surface area (Å²) in [5.41, 5.74) is 5.64. The number of carbonyl (C=O) groups is 2. The average molecular weight is 480 g/mol. The number of hydrogen-bond donors (Lipinski definition) is 2. The van der Waals surface area contributed by atoms with Gasteiger partial charge < -0.3 is 19.6 Å². The van der Waals surface area contributed by atoms with Gasteiger partial charge in [-0.1, -0.05) is 54.6 Å². The lowest BCUT2D eigenvalue weighted by molar-refractivity contribution is -0.135. The maximum Gasteiger partial charge on any atom is 0.245 e. The minimum atomic E-state index is -0.686. The van der Waals surface area contributed by atoms with Gasteiger partial charge in [0.2, 0.25) is 11.8 Å². The molecule has 3 heterocycles. The lowest BCUT2D eigenvalue weighted by Gasteiger charge is -2.25. The van der Waals surface area contributed by atoms with E-state index < -0.39 is 6.04 Å². The summed E-state index contributed by atoms with van der Waals surface area (Å²) in [4.78, 5) is 36.2. The number of aromatic amines is 1. The molecule has 2 N–H and O–H groups in total. The predicted molar refractivity (Wildman–Crippen MR) is 140 cm³/mol. The van der Waals surface area contributed by atoms with E-state index in [4.69, 9.17) is 0 Å². The second kappa shape index (κ2) is 10.1. The first-order valence-electron chi connectivity index (χ1n) is 12.0. The molecule has 0 saturated heterocycles. The normalized spacial score (nSPS) is 12.1. The van der Waals surface area contributed by atoms with Crippen LogP contribution < -0.4 is 5.32 Å². The number of para-hydroxylation sites is 1. The van der Waals surface area contributed by atoms with Gasteiger partial charge in [-0.2, -0.15) is 0 Å². The molecular weight excluding hydrogens is 450 g/mol. The Hall–Kier alpha value is -4.39. The third-order valence-corrected chi connectivity index (χ3v) is 6.55. The van der Waals surface area contributed by atoms with E-state index in [0.717, 1.165) is 39.1 Å². The van der Waals surface area contributed by atoms with E-state index in [9.17, 15) is 9.59 Å². The number of pyridine rings is 1. The molecule has 0 unspecified atom stereocenters. The maximum absolute atomic E-state index is 13.6. The second-order valence-corrected chi connectivity index (χ2v) is 9.13. The molecule has 2 aromatic carbocycles. The Morgan fingerprint density at radius 3 is 2.61 bits per heavy atom. The number of aromatic nitrogens is 3. The first kappa shape index (κ1) is 23.4. The summed E-state index contributed by atoms with van der Waals surface area (Å²) in [6, 6.07) is 22.8. The Morgan fingerprint density at radius 2 is 1.78 bits per heavy atom. The Bertz CT molecular complexity index is 1520. The van der Waals surface area contributed by atoms with Crippen LogP contribution >= 0.6 is 0 Å². The highest BCUT2D eigenvalue weighted by Gasteiger charge is 2.26. The quantitative estimate of drug-likeness (QED) is 0.352. The van der Waals surface area contributed by atoms with Crippen LogP contribution in [0.2, 0.25) is 0 Å². The van der Waals surface area contributed by atoms with E-state index in [1.54, 1.807) is 18.1 Å². The van der Waals surface area contributed by atoms with Gasteiger partial charge >= 0.3 is 0 Å². The molecule has 0 aliphatic heterocycles. The standard InChI is InChI=1S/C29H29N5O2/c1-20-24(23-12-6-7-13-25(23)31-20)17-28(35)32-26(16-21-10-4-3-5-11-21)29(36)33(2)19-22-18-30-27-14-8-9-15-34(22)27/h3-15,18,26,31H,16-17,19H2,1-2H3,(H,32,35)/t26-/m0/s1. The topological polar surface area (TPSA) is 82.5 Å².